The van der Waals surface area contributed by atoms with Crippen molar-refractivity contribution >= 4 is 70.5 Å². The van der Waals surface area contributed by atoms with Crippen LogP contribution in [0.25, 0.3) is 93.2 Å². The Labute approximate surface area is 246 Å². The zero-order valence-electron chi connectivity index (χ0n) is 23.1. The van der Waals surface area contributed by atoms with Gasteiger partial charge in [-0.15, -0.1) is 0 Å². The first-order valence-electron chi connectivity index (χ1n) is 14.7. The van der Waals surface area contributed by atoms with Gasteiger partial charge in [0, 0.05) is 38.1 Å². The highest BCUT2D eigenvalue weighted by atomic mass is 14.9. The molecule has 43 heavy (non-hydrogen) atoms. The van der Waals surface area contributed by atoms with Gasteiger partial charge in [0.25, 0.3) is 0 Å². The van der Waals surface area contributed by atoms with Crippen molar-refractivity contribution in [1.82, 2.24) is 14.4 Å². The zero-order chi connectivity index (χ0) is 28.1. The standard InChI is InChI=1S/C40H23N3/c1-2-11-26(12-3-1)37-36-27-14-5-4-10-24(27)21-23-33(36)41-40(42-37)32-18-9-17-30-31-22-20-25-13-8-16-29-28-15-6-7-19-34(28)43(38(30)32)39(31)35(25)29/h1-23H. The highest BCUT2D eigenvalue weighted by Crippen LogP contribution is 2.44. The maximum absolute atomic E-state index is 5.40. The van der Waals surface area contributed by atoms with Crippen molar-refractivity contribution < 1.29 is 0 Å². The Hall–Kier alpha value is -5.80. The molecule has 0 spiro atoms. The molecule has 0 saturated heterocycles. The van der Waals surface area contributed by atoms with Crippen LogP contribution in [0.15, 0.2) is 140 Å². The maximum atomic E-state index is 5.40. The number of rotatable bonds is 2. The van der Waals surface area contributed by atoms with Gasteiger partial charge in [-0.3, -0.25) is 0 Å². The molecular weight excluding hydrogens is 522 g/mol. The van der Waals surface area contributed by atoms with Crippen LogP contribution in [-0.2, 0) is 0 Å². The molecule has 198 valence electrons. The number of benzene rings is 7. The fourth-order valence-electron chi connectivity index (χ4n) is 7.29. The zero-order valence-corrected chi connectivity index (χ0v) is 23.1. The molecule has 0 fully saturated rings. The van der Waals surface area contributed by atoms with Crippen LogP contribution < -0.4 is 0 Å². The molecule has 3 heterocycles. The molecule has 10 rings (SSSR count). The molecule has 3 heteroatoms. The predicted molar refractivity (Wildman–Crippen MR) is 180 cm³/mol. The quantitative estimate of drug-likeness (QED) is 0.160. The van der Waals surface area contributed by atoms with E-state index >= 15 is 0 Å². The summed E-state index contributed by atoms with van der Waals surface area (Å²) in [6, 6.07) is 49.9. The van der Waals surface area contributed by atoms with Gasteiger partial charge < -0.3 is 4.40 Å². The van der Waals surface area contributed by atoms with Crippen LogP contribution >= 0.6 is 0 Å². The van der Waals surface area contributed by atoms with Crippen molar-refractivity contribution in [3.8, 4) is 22.6 Å². The van der Waals surface area contributed by atoms with Gasteiger partial charge in [-0.1, -0.05) is 121 Å². The molecule has 0 aliphatic heterocycles. The number of para-hydroxylation sites is 2. The van der Waals surface area contributed by atoms with E-state index in [4.69, 9.17) is 9.97 Å². The molecule has 0 amide bonds. The minimum Gasteiger partial charge on any atom is -0.307 e. The van der Waals surface area contributed by atoms with Gasteiger partial charge in [-0.25, -0.2) is 9.97 Å². The Bertz CT molecular complexity index is 2720. The summed E-state index contributed by atoms with van der Waals surface area (Å²) in [4.78, 5) is 10.7. The summed E-state index contributed by atoms with van der Waals surface area (Å²) in [5.74, 6) is 0.735. The van der Waals surface area contributed by atoms with Gasteiger partial charge in [0.05, 0.1) is 27.8 Å². The second kappa shape index (κ2) is 8.37. The van der Waals surface area contributed by atoms with Crippen molar-refractivity contribution in [3.63, 3.8) is 0 Å². The molecule has 0 aliphatic rings. The third kappa shape index (κ3) is 3.03. The molecule has 0 N–H and O–H groups in total. The van der Waals surface area contributed by atoms with Crippen molar-refractivity contribution in [2.45, 2.75) is 0 Å². The molecule has 0 atom stereocenters. The third-order valence-electron chi connectivity index (χ3n) is 9.10. The predicted octanol–water partition coefficient (Wildman–Crippen LogP) is 10.4. The van der Waals surface area contributed by atoms with Crippen LogP contribution in [0.5, 0.6) is 0 Å². The lowest BCUT2D eigenvalue weighted by Gasteiger charge is -2.14. The van der Waals surface area contributed by atoms with Crippen LogP contribution in [0.4, 0.5) is 0 Å². The van der Waals surface area contributed by atoms with Gasteiger partial charge in [0.15, 0.2) is 5.82 Å². The van der Waals surface area contributed by atoms with Crippen molar-refractivity contribution in [2.75, 3.05) is 0 Å². The highest BCUT2D eigenvalue weighted by Gasteiger charge is 2.22. The van der Waals surface area contributed by atoms with Gasteiger partial charge in [-0.05, 0) is 39.7 Å². The summed E-state index contributed by atoms with van der Waals surface area (Å²) in [7, 11) is 0. The average Bonchev–Trinajstić information content (AvgIpc) is 3.43. The largest absolute Gasteiger partial charge is 0.307 e. The lowest BCUT2D eigenvalue weighted by Crippen LogP contribution is -1.98. The summed E-state index contributed by atoms with van der Waals surface area (Å²) in [5.41, 5.74) is 7.61. The molecule has 3 nitrogen and oxygen atoms in total. The second-order valence-corrected chi connectivity index (χ2v) is 11.4. The Morgan fingerprint density at radius 3 is 2.05 bits per heavy atom. The minimum absolute atomic E-state index is 0.735. The molecule has 0 bridgehead atoms. The molecule has 0 aliphatic carbocycles. The van der Waals surface area contributed by atoms with E-state index in [1.165, 1.54) is 54.1 Å². The lowest BCUT2D eigenvalue weighted by molar-refractivity contribution is 1.23. The van der Waals surface area contributed by atoms with E-state index in [0.29, 0.717) is 0 Å². The van der Waals surface area contributed by atoms with Crippen LogP contribution in [0.2, 0.25) is 0 Å². The summed E-state index contributed by atoms with van der Waals surface area (Å²) in [5, 5.41) is 11.0. The monoisotopic (exact) mass is 545 g/mol. The highest BCUT2D eigenvalue weighted by molar-refractivity contribution is 6.29. The van der Waals surface area contributed by atoms with E-state index < -0.39 is 0 Å². The first kappa shape index (κ1) is 22.8. The Morgan fingerprint density at radius 1 is 0.419 bits per heavy atom. The van der Waals surface area contributed by atoms with E-state index in [1.54, 1.807) is 0 Å². The molecule has 3 aromatic heterocycles. The molecule has 0 saturated carbocycles. The molecular formula is C40H23N3. The van der Waals surface area contributed by atoms with E-state index in [2.05, 4.69) is 144 Å². The lowest BCUT2D eigenvalue weighted by atomic mass is 9.98. The summed E-state index contributed by atoms with van der Waals surface area (Å²) in [6.45, 7) is 0. The van der Waals surface area contributed by atoms with Gasteiger partial charge >= 0.3 is 0 Å². The molecule has 0 unspecified atom stereocenters. The number of hydrogen-bond donors (Lipinski definition) is 0. The first-order valence-corrected chi connectivity index (χ1v) is 14.7. The summed E-state index contributed by atoms with van der Waals surface area (Å²) < 4.78 is 2.46. The average molecular weight is 546 g/mol. The van der Waals surface area contributed by atoms with E-state index in [0.717, 1.165) is 39.1 Å². The van der Waals surface area contributed by atoms with Crippen LogP contribution in [-0.4, -0.2) is 14.4 Å². The van der Waals surface area contributed by atoms with Crippen LogP contribution in [0, 0.1) is 0 Å². The number of nitrogens with zero attached hydrogens (tertiary/aromatic N) is 3. The molecule has 7 aromatic carbocycles. The summed E-state index contributed by atoms with van der Waals surface area (Å²) >= 11 is 0. The SMILES string of the molecule is c1ccc(-c2nc(-c3cccc4c5ccc6cccc7c8ccccc8n(c34)c5c67)nc3ccc4ccccc4c23)cc1. The van der Waals surface area contributed by atoms with Crippen LogP contribution in [0.3, 0.4) is 0 Å². The maximum Gasteiger partial charge on any atom is 0.162 e. The minimum atomic E-state index is 0.735. The Morgan fingerprint density at radius 2 is 1.12 bits per heavy atom. The van der Waals surface area contributed by atoms with Gasteiger partial charge in [-0.2, -0.15) is 0 Å². The molecule has 0 radical (unpaired) electrons. The summed E-state index contributed by atoms with van der Waals surface area (Å²) in [6.07, 6.45) is 0. The Balaban J connectivity index is 1.41. The normalized spacial score (nSPS) is 12.2. The second-order valence-electron chi connectivity index (χ2n) is 11.4. The van der Waals surface area contributed by atoms with Gasteiger partial charge in [0.1, 0.15) is 0 Å². The van der Waals surface area contributed by atoms with Crippen molar-refractivity contribution in [1.29, 1.82) is 0 Å². The number of hydrogen-bond acceptors (Lipinski definition) is 2. The third-order valence-corrected chi connectivity index (χ3v) is 9.10. The van der Waals surface area contributed by atoms with E-state index in [9.17, 15) is 0 Å². The Kier molecular flexibility index (Phi) is 4.45. The smallest absolute Gasteiger partial charge is 0.162 e. The number of fused-ring (bicyclic) bond motifs is 9. The van der Waals surface area contributed by atoms with Gasteiger partial charge in [0.2, 0.25) is 0 Å². The first-order chi connectivity index (χ1) is 21.3. The van der Waals surface area contributed by atoms with Crippen LogP contribution in [0.1, 0.15) is 0 Å². The number of aromatic nitrogens is 3. The molecule has 10 aromatic rings. The fourth-order valence-corrected chi connectivity index (χ4v) is 7.29. The van der Waals surface area contributed by atoms with E-state index in [1.807, 2.05) is 0 Å². The van der Waals surface area contributed by atoms with Crippen molar-refractivity contribution in [2.24, 2.45) is 0 Å². The fraction of sp³-hybridized carbons (Fsp3) is 0. The van der Waals surface area contributed by atoms with Crippen molar-refractivity contribution in [3.05, 3.63) is 140 Å². The number of pyridine rings is 1. The topological polar surface area (TPSA) is 30.2 Å². The van der Waals surface area contributed by atoms with E-state index in [-0.39, 0.29) is 0 Å².